The minimum atomic E-state index is -0.162. The Bertz CT molecular complexity index is 300. The first-order valence-corrected chi connectivity index (χ1v) is 9.43. The molecule has 0 spiro atoms. The van der Waals surface area contributed by atoms with Gasteiger partial charge in [-0.05, 0) is 40.5 Å². The molecule has 0 aromatic heterocycles. The fourth-order valence-electron chi connectivity index (χ4n) is 1.80. The molecule has 0 saturated carbocycles. The lowest BCUT2D eigenvalue weighted by Crippen LogP contribution is -2.29. The van der Waals surface area contributed by atoms with Crippen molar-refractivity contribution < 1.29 is 28.8 Å². The van der Waals surface area contributed by atoms with Gasteiger partial charge in [0.25, 0.3) is 0 Å². The van der Waals surface area contributed by atoms with Crippen LogP contribution in [0.5, 0.6) is 0 Å². The number of hydrogen-bond donors (Lipinski definition) is 1. The van der Waals surface area contributed by atoms with Gasteiger partial charge >= 0.3 is 0 Å². The van der Waals surface area contributed by atoms with Gasteiger partial charge in [0.05, 0.1) is 63.6 Å². The average Bonchev–Trinajstić information content (AvgIpc) is 2.58. The van der Waals surface area contributed by atoms with E-state index in [2.05, 4.69) is 13.8 Å². The van der Waals surface area contributed by atoms with Crippen LogP contribution in [0.1, 0.15) is 48.5 Å². The number of ether oxygens (including phenoxy) is 5. The van der Waals surface area contributed by atoms with Crippen molar-refractivity contribution in [2.75, 3.05) is 39.6 Å². The van der Waals surface area contributed by atoms with Gasteiger partial charge in [-0.15, -0.1) is 0 Å². The van der Waals surface area contributed by atoms with Gasteiger partial charge in [-0.2, -0.15) is 0 Å². The maximum absolute atomic E-state index is 8.91. The number of aliphatic hydroxyl groups excluding tert-OH is 1. The van der Waals surface area contributed by atoms with E-state index in [1.807, 2.05) is 34.6 Å². The van der Waals surface area contributed by atoms with Crippen LogP contribution in [0.15, 0.2) is 0 Å². The van der Waals surface area contributed by atoms with Crippen molar-refractivity contribution in [2.24, 2.45) is 5.92 Å². The third-order valence-electron chi connectivity index (χ3n) is 3.43. The Kier molecular flexibility index (Phi) is 14.7. The van der Waals surface area contributed by atoms with Crippen molar-refractivity contribution >= 4 is 0 Å². The molecule has 5 unspecified atom stereocenters. The average molecular weight is 365 g/mol. The van der Waals surface area contributed by atoms with E-state index in [0.717, 1.165) is 6.61 Å². The highest BCUT2D eigenvalue weighted by Gasteiger charge is 2.12. The SMILES string of the molecule is CC(C)COC(C)COC(C)COC(C)COC(C)COC(C)CO. The molecule has 0 rings (SSSR count). The predicted molar refractivity (Wildman–Crippen MR) is 99.0 cm³/mol. The lowest BCUT2D eigenvalue weighted by molar-refractivity contribution is -0.0983. The first-order chi connectivity index (χ1) is 11.7. The summed E-state index contributed by atoms with van der Waals surface area (Å²) in [7, 11) is 0. The number of hydrogen-bond acceptors (Lipinski definition) is 6. The molecular weight excluding hydrogens is 324 g/mol. The lowest BCUT2D eigenvalue weighted by Gasteiger charge is -2.22. The van der Waals surface area contributed by atoms with Gasteiger partial charge in [-0.3, -0.25) is 0 Å². The van der Waals surface area contributed by atoms with Gasteiger partial charge in [0.15, 0.2) is 0 Å². The quantitative estimate of drug-likeness (QED) is 0.454. The molecule has 0 heterocycles. The molecule has 0 aliphatic heterocycles. The summed E-state index contributed by atoms with van der Waals surface area (Å²) in [4.78, 5) is 0. The van der Waals surface area contributed by atoms with Crippen molar-refractivity contribution in [3.8, 4) is 0 Å². The Morgan fingerprint density at radius 3 is 1.04 bits per heavy atom. The molecule has 25 heavy (non-hydrogen) atoms. The molecule has 0 aromatic rings. The van der Waals surface area contributed by atoms with Crippen LogP contribution in [0.25, 0.3) is 0 Å². The fourth-order valence-corrected chi connectivity index (χ4v) is 1.80. The van der Waals surface area contributed by atoms with Crippen LogP contribution < -0.4 is 0 Å². The number of rotatable bonds is 16. The molecule has 1 N–H and O–H groups in total. The Hall–Kier alpha value is -0.240. The van der Waals surface area contributed by atoms with Gasteiger partial charge < -0.3 is 28.8 Å². The zero-order chi connectivity index (χ0) is 19.2. The summed E-state index contributed by atoms with van der Waals surface area (Å²) >= 11 is 0. The summed E-state index contributed by atoms with van der Waals surface area (Å²) in [5, 5.41) is 8.91. The molecule has 0 aliphatic rings. The zero-order valence-corrected chi connectivity index (χ0v) is 17.2. The molecule has 0 radical (unpaired) electrons. The minimum Gasteiger partial charge on any atom is -0.394 e. The van der Waals surface area contributed by atoms with Crippen LogP contribution in [-0.2, 0) is 23.7 Å². The van der Waals surface area contributed by atoms with Crippen LogP contribution in [-0.4, -0.2) is 75.3 Å². The fraction of sp³-hybridized carbons (Fsp3) is 1.00. The predicted octanol–water partition coefficient (Wildman–Crippen LogP) is 2.66. The lowest BCUT2D eigenvalue weighted by atomic mass is 10.2. The second-order valence-corrected chi connectivity index (χ2v) is 7.30. The van der Waals surface area contributed by atoms with E-state index >= 15 is 0 Å². The molecule has 0 aliphatic carbocycles. The molecule has 152 valence electrons. The van der Waals surface area contributed by atoms with E-state index in [-0.39, 0.29) is 37.1 Å². The van der Waals surface area contributed by atoms with Crippen LogP contribution in [0.3, 0.4) is 0 Å². The summed E-state index contributed by atoms with van der Waals surface area (Å²) in [5.74, 6) is 0.531. The molecule has 0 bridgehead atoms. The van der Waals surface area contributed by atoms with Crippen LogP contribution in [0.2, 0.25) is 0 Å². The van der Waals surface area contributed by atoms with Crippen LogP contribution in [0.4, 0.5) is 0 Å². The van der Waals surface area contributed by atoms with Crippen molar-refractivity contribution in [3.63, 3.8) is 0 Å². The third-order valence-corrected chi connectivity index (χ3v) is 3.43. The van der Waals surface area contributed by atoms with Crippen LogP contribution >= 0.6 is 0 Å². The summed E-state index contributed by atoms with van der Waals surface area (Å²) in [6, 6.07) is 0. The topological polar surface area (TPSA) is 66.4 Å². The van der Waals surface area contributed by atoms with E-state index in [4.69, 9.17) is 28.8 Å². The zero-order valence-electron chi connectivity index (χ0n) is 17.2. The molecule has 6 nitrogen and oxygen atoms in total. The van der Waals surface area contributed by atoms with E-state index in [1.165, 1.54) is 0 Å². The van der Waals surface area contributed by atoms with Gasteiger partial charge in [-0.1, -0.05) is 13.8 Å². The van der Waals surface area contributed by atoms with Crippen molar-refractivity contribution in [3.05, 3.63) is 0 Å². The highest BCUT2D eigenvalue weighted by Crippen LogP contribution is 2.04. The van der Waals surface area contributed by atoms with E-state index in [1.54, 1.807) is 0 Å². The van der Waals surface area contributed by atoms with Crippen molar-refractivity contribution in [2.45, 2.75) is 79.0 Å². The summed E-state index contributed by atoms with van der Waals surface area (Å²) in [6.07, 6.45) is -0.109. The smallest absolute Gasteiger partial charge is 0.0781 e. The molecule has 0 aromatic carbocycles. The first-order valence-electron chi connectivity index (χ1n) is 9.43. The molecule has 0 fully saturated rings. The Morgan fingerprint density at radius 2 is 0.760 bits per heavy atom. The first kappa shape index (κ1) is 24.8. The summed E-state index contributed by atoms with van der Waals surface area (Å²) < 4.78 is 28.3. The molecule has 6 heteroatoms. The van der Waals surface area contributed by atoms with Gasteiger partial charge in [-0.25, -0.2) is 0 Å². The standard InChI is InChI=1S/C19H40O6/c1-14(2)9-21-16(4)11-23-18(6)13-25-19(7)12-24-17(5)10-22-15(3)8-20/h14-20H,8-13H2,1-7H3. The monoisotopic (exact) mass is 364 g/mol. The number of aliphatic hydroxyl groups is 1. The Labute approximate surface area is 154 Å². The van der Waals surface area contributed by atoms with Crippen molar-refractivity contribution in [1.29, 1.82) is 0 Å². The van der Waals surface area contributed by atoms with Gasteiger partial charge in [0.1, 0.15) is 0 Å². The second kappa shape index (κ2) is 14.9. The van der Waals surface area contributed by atoms with E-state index < -0.39 is 0 Å². The molecular formula is C19H40O6. The highest BCUT2D eigenvalue weighted by atomic mass is 16.6. The third kappa shape index (κ3) is 15.7. The second-order valence-electron chi connectivity index (χ2n) is 7.30. The highest BCUT2D eigenvalue weighted by molar-refractivity contribution is 4.57. The maximum Gasteiger partial charge on any atom is 0.0781 e. The maximum atomic E-state index is 8.91. The van der Waals surface area contributed by atoms with E-state index in [9.17, 15) is 0 Å². The molecule has 0 saturated heterocycles. The van der Waals surface area contributed by atoms with Gasteiger partial charge in [0.2, 0.25) is 0 Å². The molecule has 0 amide bonds. The Balaban J connectivity index is 3.70. The molecule has 5 atom stereocenters. The van der Waals surface area contributed by atoms with Crippen molar-refractivity contribution in [1.82, 2.24) is 0 Å². The Morgan fingerprint density at radius 1 is 0.480 bits per heavy atom. The minimum absolute atomic E-state index is 0.0127. The summed E-state index contributed by atoms with van der Waals surface area (Å²) in [5.41, 5.74) is 0. The summed E-state index contributed by atoms with van der Waals surface area (Å²) in [6.45, 7) is 16.9. The van der Waals surface area contributed by atoms with Gasteiger partial charge in [0, 0.05) is 6.61 Å². The largest absolute Gasteiger partial charge is 0.394 e. The van der Waals surface area contributed by atoms with E-state index in [0.29, 0.717) is 32.3 Å². The van der Waals surface area contributed by atoms with Crippen LogP contribution in [0, 0.1) is 5.92 Å². The normalized spacial score (nSPS) is 18.1.